The Labute approximate surface area is 209 Å². The molecule has 1 aliphatic rings. The second-order valence-electron chi connectivity index (χ2n) is 8.18. The molecule has 0 aliphatic carbocycles. The topological polar surface area (TPSA) is 110 Å². The normalized spacial score (nSPS) is 15.1. The van der Waals surface area contributed by atoms with Gasteiger partial charge in [-0.1, -0.05) is 11.6 Å². The molecule has 1 aromatic heterocycles. The third-order valence-corrected chi connectivity index (χ3v) is 6.42. The van der Waals surface area contributed by atoms with Crippen LogP contribution in [0, 0.1) is 11.6 Å². The standard InChI is InChI=1S/C24H14ClF5N4O3/c1-37-23-13-7-11(16-12(21(31)35)4-8(5-15(16)27)24(28,29)30)17-18(20(13)33-34-23)22(36)32-19(17)10-6-9(26)2-3-14(10)25/h2-7,19H,1H3,(H2,31,35)(H,32,36)(H,33,34). The van der Waals surface area contributed by atoms with Crippen molar-refractivity contribution >= 4 is 34.3 Å². The van der Waals surface area contributed by atoms with Crippen molar-refractivity contribution in [3.8, 4) is 17.0 Å². The Kier molecular flexibility index (Phi) is 5.59. The van der Waals surface area contributed by atoms with E-state index in [0.29, 0.717) is 6.07 Å². The number of methoxy groups -OCH3 is 1. The number of hydrogen-bond donors (Lipinski definition) is 3. The van der Waals surface area contributed by atoms with E-state index >= 15 is 4.39 Å². The van der Waals surface area contributed by atoms with E-state index in [4.69, 9.17) is 22.1 Å². The van der Waals surface area contributed by atoms with Crippen LogP contribution in [0.15, 0.2) is 36.4 Å². The molecule has 0 bridgehead atoms. The Hall–Kier alpha value is -4.19. The van der Waals surface area contributed by atoms with Gasteiger partial charge in [0.25, 0.3) is 5.91 Å². The molecule has 0 spiro atoms. The summed E-state index contributed by atoms with van der Waals surface area (Å²) >= 11 is 6.29. The molecule has 0 saturated heterocycles. The number of ether oxygens (including phenoxy) is 1. The van der Waals surface area contributed by atoms with Crippen molar-refractivity contribution in [1.82, 2.24) is 15.5 Å². The summed E-state index contributed by atoms with van der Waals surface area (Å²) in [6.07, 6.45) is -4.97. The second-order valence-corrected chi connectivity index (χ2v) is 8.59. The van der Waals surface area contributed by atoms with Crippen LogP contribution >= 0.6 is 11.6 Å². The highest BCUT2D eigenvalue weighted by Crippen LogP contribution is 2.47. The lowest BCUT2D eigenvalue weighted by molar-refractivity contribution is -0.137. The third kappa shape index (κ3) is 3.84. The SMILES string of the molecule is COc1n[nH]c2c3c(c(-c4c(F)cc(C(F)(F)F)cc4C(N)=O)cc12)C(c1cc(F)ccc1Cl)NC3=O. The number of alkyl halides is 3. The van der Waals surface area contributed by atoms with Crippen molar-refractivity contribution in [1.29, 1.82) is 0 Å². The van der Waals surface area contributed by atoms with E-state index in [1.165, 1.54) is 19.2 Å². The largest absolute Gasteiger partial charge is 0.480 e. The molecule has 7 nitrogen and oxygen atoms in total. The molecule has 0 fully saturated rings. The molecule has 190 valence electrons. The maximum absolute atomic E-state index is 15.5. The van der Waals surface area contributed by atoms with Gasteiger partial charge in [-0.3, -0.25) is 14.7 Å². The predicted molar refractivity (Wildman–Crippen MR) is 122 cm³/mol. The van der Waals surface area contributed by atoms with E-state index in [1.54, 1.807) is 0 Å². The highest BCUT2D eigenvalue weighted by molar-refractivity contribution is 6.31. The molecular formula is C24H14ClF5N4O3. The number of hydrogen-bond acceptors (Lipinski definition) is 4. The molecule has 1 atom stereocenters. The number of nitrogens with two attached hydrogens (primary N) is 1. The molecule has 13 heteroatoms. The van der Waals surface area contributed by atoms with E-state index in [2.05, 4.69) is 15.5 Å². The maximum atomic E-state index is 15.5. The number of carbonyl (C=O) groups is 2. The van der Waals surface area contributed by atoms with Gasteiger partial charge >= 0.3 is 6.18 Å². The Morgan fingerprint density at radius 1 is 1.14 bits per heavy atom. The molecule has 37 heavy (non-hydrogen) atoms. The molecule has 1 unspecified atom stereocenters. The van der Waals surface area contributed by atoms with Crippen LogP contribution < -0.4 is 15.8 Å². The number of amides is 2. The van der Waals surface area contributed by atoms with E-state index < -0.39 is 52.4 Å². The summed E-state index contributed by atoms with van der Waals surface area (Å²) in [5, 5.41) is 9.48. The van der Waals surface area contributed by atoms with Crippen molar-refractivity contribution in [2.75, 3.05) is 7.11 Å². The van der Waals surface area contributed by atoms with Gasteiger partial charge in [-0.25, -0.2) is 8.78 Å². The number of aromatic nitrogens is 2. The van der Waals surface area contributed by atoms with Crippen molar-refractivity contribution in [2.24, 2.45) is 5.73 Å². The van der Waals surface area contributed by atoms with Crippen LogP contribution in [-0.2, 0) is 6.18 Å². The van der Waals surface area contributed by atoms with Crippen molar-refractivity contribution < 1.29 is 36.3 Å². The van der Waals surface area contributed by atoms with Crippen LogP contribution in [0.5, 0.6) is 5.88 Å². The summed E-state index contributed by atoms with van der Waals surface area (Å²) in [5.41, 5.74) is 2.63. The fourth-order valence-electron chi connectivity index (χ4n) is 4.53. The van der Waals surface area contributed by atoms with E-state index in [0.717, 1.165) is 12.1 Å². The second kappa shape index (κ2) is 8.44. The fourth-order valence-corrected chi connectivity index (χ4v) is 4.76. The number of nitrogens with zero attached hydrogens (tertiary/aromatic N) is 1. The van der Waals surface area contributed by atoms with Gasteiger partial charge in [-0.15, -0.1) is 5.10 Å². The maximum Gasteiger partial charge on any atom is 0.416 e. The van der Waals surface area contributed by atoms with Crippen LogP contribution in [0.1, 0.15) is 43.4 Å². The van der Waals surface area contributed by atoms with Crippen LogP contribution in [0.25, 0.3) is 22.0 Å². The van der Waals surface area contributed by atoms with Crippen molar-refractivity contribution in [3.05, 3.63) is 80.9 Å². The number of carbonyl (C=O) groups excluding carboxylic acids is 2. The van der Waals surface area contributed by atoms with Gasteiger partial charge in [0.2, 0.25) is 11.8 Å². The smallest absolute Gasteiger partial charge is 0.416 e. The van der Waals surface area contributed by atoms with Crippen LogP contribution in [0.4, 0.5) is 22.0 Å². The molecule has 1 aliphatic heterocycles. The number of primary amides is 1. The molecule has 4 aromatic rings. The summed E-state index contributed by atoms with van der Waals surface area (Å²) in [4.78, 5) is 25.4. The van der Waals surface area contributed by atoms with Gasteiger partial charge in [0, 0.05) is 21.7 Å². The Morgan fingerprint density at radius 3 is 2.51 bits per heavy atom. The van der Waals surface area contributed by atoms with Gasteiger partial charge < -0.3 is 15.8 Å². The molecule has 0 radical (unpaired) electrons. The quantitative estimate of drug-likeness (QED) is 0.314. The zero-order valence-electron chi connectivity index (χ0n) is 18.6. The van der Waals surface area contributed by atoms with E-state index in [1.807, 2.05) is 0 Å². The summed E-state index contributed by atoms with van der Waals surface area (Å²) in [7, 11) is 1.28. The number of nitrogens with one attached hydrogen (secondary N) is 2. The zero-order valence-corrected chi connectivity index (χ0v) is 19.3. The lowest BCUT2D eigenvalue weighted by atomic mass is 9.86. The highest BCUT2D eigenvalue weighted by atomic mass is 35.5. The lowest BCUT2D eigenvalue weighted by Gasteiger charge is -2.20. The molecule has 4 N–H and O–H groups in total. The average molecular weight is 537 g/mol. The zero-order chi connectivity index (χ0) is 26.8. The van der Waals surface area contributed by atoms with Crippen LogP contribution in [-0.4, -0.2) is 29.1 Å². The first kappa shape index (κ1) is 24.5. The Bertz CT molecular complexity index is 1630. The first-order valence-corrected chi connectivity index (χ1v) is 10.9. The molecule has 2 heterocycles. The van der Waals surface area contributed by atoms with Crippen LogP contribution in [0.3, 0.4) is 0 Å². The number of H-pyrrole nitrogens is 1. The van der Waals surface area contributed by atoms with E-state index in [-0.39, 0.29) is 50.1 Å². The number of aromatic amines is 1. The minimum absolute atomic E-state index is 0.00738. The van der Waals surface area contributed by atoms with Crippen LogP contribution in [0.2, 0.25) is 5.02 Å². The average Bonchev–Trinajstić information content (AvgIpc) is 3.39. The summed E-state index contributed by atoms with van der Waals surface area (Å²) in [6, 6.07) is 4.19. The third-order valence-electron chi connectivity index (χ3n) is 6.07. The first-order chi connectivity index (χ1) is 17.4. The lowest BCUT2D eigenvalue weighted by Crippen LogP contribution is -2.21. The molecule has 3 aromatic carbocycles. The molecule has 0 saturated carbocycles. The number of fused-ring (bicyclic) bond motifs is 3. The fraction of sp³-hybridized carbons (Fsp3) is 0.125. The van der Waals surface area contributed by atoms with Crippen molar-refractivity contribution in [2.45, 2.75) is 12.2 Å². The van der Waals surface area contributed by atoms with Gasteiger partial charge in [-0.05, 0) is 42.0 Å². The summed E-state index contributed by atoms with van der Waals surface area (Å²) < 4.78 is 75.0. The predicted octanol–water partition coefficient (Wildman–Crippen LogP) is 5.12. The Balaban J connectivity index is 1.92. The van der Waals surface area contributed by atoms with Gasteiger partial charge in [0.05, 0.1) is 40.7 Å². The van der Waals surface area contributed by atoms with Gasteiger partial charge in [-0.2, -0.15) is 13.2 Å². The summed E-state index contributed by atoms with van der Waals surface area (Å²) in [6.45, 7) is 0. The Morgan fingerprint density at radius 2 is 1.86 bits per heavy atom. The summed E-state index contributed by atoms with van der Waals surface area (Å²) in [5.74, 6) is -4.15. The monoisotopic (exact) mass is 536 g/mol. The highest BCUT2D eigenvalue weighted by Gasteiger charge is 2.39. The molecule has 5 rings (SSSR count). The number of halogens is 6. The van der Waals surface area contributed by atoms with Gasteiger partial charge in [0.15, 0.2) is 0 Å². The van der Waals surface area contributed by atoms with Crippen molar-refractivity contribution in [3.63, 3.8) is 0 Å². The minimum atomic E-state index is -4.97. The number of rotatable bonds is 4. The van der Waals surface area contributed by atoms with E-state index in [9.17, 15) is 27.2 Å². The minimum Gasteiger partial charge on any atom is -0.480 e. The molecular weight excluding hydrogens is 523 g/mol. The first-order valence-electron chi connectivity index (χ1n) is 10.5. The number of benzene rings is 3. The molecule has 2 amide bonds. The van der Waals surface area contributed by atoms with Gasteiger partial charge in [0.1, 0.15) is 11.6 Å².